The minimum atomic E-state index is -0.221. The second-order valence-electron chi connectivity index (χ2n) is 5.53. The third-order valence-electron chi connectivity index (χ3n) is 4.09. The van der Waals surface area contributed by atoms with E-state index in [-0.39, 0.29) is 29.0 Å². The Bertz CT molecular complexity index is 548. The predicted molar refractivity (Wildman–Crippen MR) is 82.8 cm³/mol. The molecule has 0 aliphatic carbocycles. The molecule has 2 aliphatic rings. The average Bonchev–Trinajstić information content (AvgIpc) is 3.18. The molecule has 0 saturated carbocycles. The summed E-state index contributed by atoms with van der Waals surface area (Å²) < 4.78 is 5.67. The van der Waals surface area contributed by atoms with Gasteiger partial charge in [-0.25, -0.2) is 0 Å². The number of carbonyl (C=O) groups excluding carboxylic acids is 1. The molecule has 2 atom stereocenters. The molecule has 6 heteroatoms. The van der Waals surface area contributed by atoms with Crippen molar-refractivity contribution >= 4 is 17.7 Å². The van der Waals surface area contributed by atoms with E-state index in [1.807, 2.05) is 16.7 Å². The molecule has 3 rings (SSSR count). The minimum Gasteiger partial charge on any atom is -0.376 e. The summed E-state index contributed by atoms with van der Waals surface area (Å²) >= 11 is 1.86. The number of hydrogen-bond donors (Lipinski definition) is 1. The van der Waals surface area contributed by atoms with E-state index < -0.39 is 0 Å². The Labute approximate surface area is 128 Å². The molecule has 0 bridgehead atoms. The van der Waals surface area contributed by atoms with Crippen molar-refractivity contribution in [2.75, 3.05) is 24.7 Å². The summed E-state index contributed by atoms with van der Waals surface area (Å²) in [6.45, 7) is 1.37. The SMILES string of the molecule is O=C(c1c[nH]ccc1=O)N(CC1CCCO1)C1CCSC1. The highest BCUT2D eigenvalue weighted by atomic mass is 32.2. The molecular formula is C15H20N2O3S. The summed E-state index contributed by atoms with van der Waals surface area (Å²) in [7, 11) is 0. The van der Waals surface area contributed by atoms with E-state index in [9.17, 15) is 9.59 Å². The van der Waals surface area contributed by atoms with Crippen LogP contribution in [0, 0.1) is 0 Å². The van der Waals surface area contributed by atoms with Crippen molar-refractivity contribution in [3.05, 3.63) is 34.2 Å². The number of pyridine rings is 1. The van der Waals surface area contributed by atoms with Gasteiger partial charge in [-0.05, 0) is 25.0 Å². The van der Waals surface area contributed by atoms with Gasteiger partial charge in [0.2, 0.25) is 0 Å². The number of hydrogen-bond acceptors (Lipinski definition) is 4. The number of H-pyrrole nitrogens is 1. The average molecular weight is 308 g/mol. The highest BCUT2D eigenvalue weighted by Gasteiger charge is 2.31. The van der Waals surface area contributed by atoms with Gasteiger partial charge < -0.3 is 14.6 Å². The number of nitrogens with one attached hydrogen (secondary N) is 1. The standard InChI is InChI=1S/C15H20N2O3S/c18-14-3-5-16-8-13(14)15(19)17(11-4-7-21-10-11)9-12-2-1-6-20-12/h3,5,8,11-12H,1-2,4,6-7,9-10H2,(H,16,18). The van der Waals surface area contributed by atoms with Crippen LogP contribution < -0.4 is 5.43 Å². The van der Waals surface area contributed by atoms with Crippen molar-refractivity contribution in [3.8, 4) is 0 Å². The Kier molecular flexibility index (Phi) is 4.65. The summed E-state index contributed by atoms with van der Waals surface area (Å²) in [4.78, 5) is 29.4. The van der Waals surface area contributed by atoms with Crippen molar-refractivity contribution in [2.45, 2.75) is 31.4 Å². The van der Waals surface area contributed by atoms with E-state index in [1.54, 1.807) is 6.20 Å². The lowest BCUT2D eigenvalue weighted by molar-refractivity contribution is 0.0440. The quantitative estimate of drug-likeness (QED) is 0.915. The second kappa shape index (κ2) is 6.66. The van der Waals surface area contributed by atoms with Crippen LogP contribution in [0.25, 0.3) is 0 Å². The Morgan fingerprint density at radius 2 is 2.38 bits per heavy atom. The van der Waals surface area contributed by atoms with E-state index in [1.165, 1.54) is 12.3 Å². The molecule has 1 aromatic rings. The zero-order valence-corrected chi connectivity index (χ0v) is 12.7. The normalized spacial score (nSPS) is 25.1. The molecule has 21 heavy (non-hydrogen) atoms. The molecule has 1 amide bonds. The third kappa shape index (κ3) is 3.32. The number of ether oxygens (including phenoxy) is 1. The first kappa shape index (κ1) is 14.7. The van der Waals surface area contributed by atoms with Crippen LogP contribution >= 0.6 is 11.8 Å². The maximum absolute atomic E-state index is 12.8. The van der Waals surface area contributed by atoms with Crippen LogP contribution in [0.2, 0.25) is 0 Å². The van der Waals surface area contributed by atoms with Crippen LogP contribution in [0.5, 0.6) is 0 Å². The molecule has 0 aromatic carbocycles. The maximum Gasteiger partial charge on any atom is 0.259 e. The van der Waals surface area contributed by atoms with Gasteiger partial charge in [-0.2, -0.15) is 11.8 Å². The van der Waals surface area contributed by atoms with Gasteiger partial charge in [-0.3, -0.25) is 9.59 Å². The fourth-order valence-corrected chi connectivity index (χ4v) is 4.14. The third-order valence-corrected chi connectivity index (χ3v) is 5.23. The fourth-order valence-electron chi connectivity index (χ4n) is 2.91. The highest BCUT2D eigenvalue weighted by molar-refractivity contribution is 7.99. The van der Waals surface area contributed by atoms with Gasteiger partial charge in [0.05, 0.1) is 6.10 Å². The number of nitrogens with zero attached hydrogens (tertiary/aromatic N) is 1. The van der Waals surface area contributed by atoms with Gasteiger partial charge in [0.25, 0.3) is 5.91 Å². The highest BCUT2D eigenvalue weighted by Crippen LogP contribution is 2.25. The van der Waals surface area contributed by atoms with Crippen LogP contribution in [0.1, 0.15) is 29.6 Å². The van der Waals surface area contributed by atoms with Crippen molar-refractivity contribution < 1.29 is 9.53 Å². The molecule has 5 nitrogen and oxygen atoms in total. The lowest BCUT2D eigenvalue weighted by Gasteiger charge is -2.30. The molecule has 1 N–H and O–H groups in total. The van der Waals surface area contributed by atoms with Gasteiger partial charge in [0.15, 0.2) is 5.43 Å². The van der Waals surface area contributed by atoms with E-state index in [0.717, 1.165) is 37.4 Å². The van der Waals surface area contributed by atoms with Crippen LogP contribution in [0.3, 0.4) is 0 Å². The molecule has 0 spiro atoms. The lowest BCUT2D eigenvalue weighted by Crippen LogP contribution is -2.46. The first-order chi connectivity index (χ1) is 10.3. The van der Waals surface area contributed by atoms with E-state index in [2.05, 4.69) is 4.98 Å². The summed E-state index contributed by atoms with van der Waals surface area (Å²) in [5, 5.41) is 0. The number of carbonyl (C=O) groups is 1. The fraction of sp³-hybridized carbons (Fsp3) is 0.600. The van der Waals surface area contributed by atoms with Crippen LogP contribution in [0.4, 0.5) is 0 Å². The monoisotopic (exact) mass is 308 g/mol. The van der Waals surface area contributed by atoms with Crippen LogP contribution in [-0.4, -0.2) is 52.6 Å². The lowest BCUT2D eigenvalue weighted by atomic mass is 10.1. The molecule has 3 heterocycles. The molecule has 2 unspecified atom stereocenters. The second-order valence-corrected chi connectivity index (χ2v) is 6.68. The van der Waals surface area contributed by atoms with Crippen LogP contribution in [-0.2, 0) is 4.74 Å². The number of thioether (sulfide) groups is 1. The Morgan fingerprint density at radius 1 is 1.48 bits per heavy atom. The Morgan fingerprint density at radius 3 is 3.05 bits per heavy atom. The summed E-state index contributed by atoms with van der Waals surface area (Å²) in [6.07, 6.45) is 6.22. The van der Waals surface area contributed by atoms with Crippen molar-refractivity contribution in [3.63, 3.8) is 0 Å². The Balaban J connectivity index is 1.81. The molecular weight excluding hydrogens is 288 g/mol. The summed E-state index contributed by atoms with van der Waals surface area (Å²) in [5.41, 5.74) is 0.00846. The van der Waals surface area contributed by atoms with Crippen molar-refractivity contribution in [2.24, 2.45) is 0 Å². The number of aromatic nitrogens is 1. The van der Waals surface area contributed by atoms with Gasteiger partial charge in [-0.15, -0.1) is 0 Å². The first-order valence-corrected chi connectivity index (χ1v) is 8.58. The zero-order chi connectivity index (χ0) is 14.7. The molecule has 2 saturated heterocycles. The first-order valence-electron chi connectivity index (χ1n) is 7.43. The van der Waals surface area contributed by atoms with Gasteiger partial charge in [-0.1, -0.05) is 0 Å². The number of amides is 1. The summed E-state index contributed by atoms with van der Waals surface area (Å²) in [5.74, 6) is 1.86. The van der Waals surface area contributed by atoms with E-state index in [0.29, 0.717) is 6.54 Å². The van der Waals surface area contributed by atoms with Gasteiger partial charge >= 0.3 is 0 Å². The largest absolute Gasteiger partial charge is 0.376 e. The maximum atomic E-state index is 12.8. The van der Waals surface area contributed by atoms with Gasteiger partial charge in [0, 0.05) is 43.4 Å². The Hall–Kier alpha value is -1.27. The molecule has 2 aliphatic heterocycles. The van der Waals surface area contributed by atoms with E-state index >= 15 is 0 Å². The number of aromatic amines is 1. The number of rotatable bonds is 4. The van der Waals surface area contributed by atoms with Crippen molar-refractivity contribution in [1.82, 2.24) is 9.88 Å². The molecule has 2 fully saturated rings. The molecule has 0 radical (unpaired) electrons. The van der Waals surface area contributed by atoms with Gasteiger partial charge in [0.1, 0.15) is 5.56 Å². The predicted octanol–water partition coefficient (Wildman–Crippen LogP) is 1.50. The minimum absolute atomic E-state index is 0.113. The van der Waals surface area contributed by atoms with E-state index in [4.69, 9.17) is 4.74 Å². The van der Waals surface area contributed by atoms with Crippen LogP contribution in [0.15, 0.2) is 23.3 Å². The van der Waals surface area contributed by atoms with Crippen molar-refractivity contribution in [1.29, 1.82) is 0 Å². The molecule has 114 valence electrons. The topological polar surface area (TPSA) is 62.4 Å². The smallest absolute Gasteiger partial charge is 0.259 e. The zero-order valence-electron chi connectivity index (χ0n) is 11.9. The summed E-state index contributed by atoms with van der Waals surface area (Å²) in [6, 6.07) is 1.62. The molecule has 1 aromatic heterocycles.